The maximum Gasteiger partial charge on any atom is 0.278 e. The second kappa shape index (κ2) is 9.92. The third-order valence-corrected chi connectivity index (χ3v) is 5.94. The van der Waals surface area contributed by atoms with Gasteiger partial charge in [0.05, 0.1) is 12.2 Å². The van der Waals surface area contributed by atoms with E-state index in [9.17, 15) is 9.59 Å². The Balaban J connectivity index is 1.67. The van der Waals surface area contributed by atoms with Crippen molar-refractivity contribution in [1.29, 1.82) is 0 Å². The van der Waals surface area contributed by atoms with Crippen LogP contribution in [0.2, 0.25) is 5.02 Å². The average Bonchev–Trinajstić information content (AvgIpc) is 3.05. The van der Waals surface area contributed by atoms with Gasteiger partial charge in [-0.3, -0.25) is 14.5 Å². The summed E-state index contributed by atoms with van der Waals surface area (Å²) in [6.45, 7) is 4.66. The van der Waals surface area contributed by atoms with Crippen LogP contribution in [0.5, 0.6) is 5.75 Å². The molecule has 0 radical (unpaired) electrons. The summed E-state index contributed by atoms with van der Waals surface area (Å²) in [5, 5.41) is 3.74. The number of aryl methyl sites for hydroxylation is 1. The lowest BCUT2D eigenvalue weighted by atomic mass is 10.0. The Morgan fingerprint density at radius 2 is 1.67 bits per heavy atom. The van der Waals surface area contributed by atoms with Gasteiger partial charge in [0.25, 0.3) is 11.8 Å². The molecule has 0 unspecified atom stereocenters. The Morgan fingerprint density at radius 1 is 0.939 bits per heavy atom. The van der Waals surface area contributed by atoms with Gasteiger partial charge in [-0.2, -0.15) is 0 Å². The van der Waals surface area contributed by atoms with Crippen molar-refractivity contribution in [2.24, 2.45) is 0 Å². The summed E-state index contributed by atoms with van der Waals surface area (Å²) in [7, 11) is 0. The molecule has 168 valence electrons. The molecule has 0 aromatic heterocycles. The first-order valence-electron chi connectivity index (χ1n) is 10.9. The van der Waals surface area contributed by atoms with Crippen molar-refractivity contribution >= 4 is 34.7 Å². The fourth-order valence-electron chi connectivity index (χ4n) is 3.75. The van der Waals surface area contributed by atoms with Gasteiger partial charge in [-0.15, -0.1) is 0 Å². The molecule has 0 spiro atoms. The van der Waals surface area contributed by atoms with Crippen molar-refractivity contribution < 1.29 is 14.3 Å². The van der Waals surface area contributed by atoms with E-state index in [4.69, 9.17) is 16.3 Å². The Labute approximate surface area is 198 Å². The molecule has 1 aliphatic heterocycles. The minimum absolute atomic E-state index is 0.247. The van der Waals surface area contributed by atoms with Crippen LogP contribution in [0, 0.1) is 6.92 Å². The molecule has 0 aliphatic carbocycles. The largest absolute Gasteiger partial charge is 0.494 e. The number of rotatable bonds is 8. The summed E-state index contributed by atoms with van der Waals surface area (Å²) >= 11 is 6.28. The minimum atomic E-state index is -0.350. The van der Waals surface area contributed by atoms with E-state index in [1.807, 2.05) is 56.3 Å². The molecule has 0 fully saturated rings. The maximum atomic E-state index is 13.4. The van der Waals surface area contributed by atoms with Crippen LogP contribution in [0.15, 0.2) is 78.5 Å². The molecule has 0 bridgehead atoms. The molecule has 1 aliphatic rings. The summed E-state index contributed by atoms with van der Waals surface area (Å²) in [5.74, 6) is 0.0386. The van der Waals surface area contributed by atoms with Crippen LogP contribution in [0.3, 0.4) is 0 Å². The van der Waals surface area contributed by atoms with Crippen molar-refractivity contribution in [3.63, 3.8) is 0 Å². The minimum Gasteiger partial charge on any atom is -0.494 e. The number of carbonyl (C=O) groups excluding carboxylic acids is 2. The molecule has 3 aromatic carbocycles. The zero-order chi connectivity index (χ0) is 23.4. The van der Waals surface area contributed by atoms with Crippen molar-refractivity contribution in [3.8, 4) is 5.75 Å². The van der Waals surface area contributed by atoms with Crippen LogP contribution < -0.4 is 10.1 Å². The zero-order valence-electron chi connectivity index (χ0n) is 18.6. The third kappa shape index (κ3) is 4.94. The van der Waals surface area contributed by atoms with Gasteiger partial charge in [0, 0.05) is 17.3 Å². The smallest absolute Gasteiger partial charge is 0.278 e. The van der Waals surface area contributed by atoms with Gasteiger partial charge in [0.1, 0.15) is 11.4 Å². The topological polar surface area (TPSA) is 58.6 Å². The van der Waals surface area contributed by atoms with Crippen LogP contribution in [0.4, 0.5) is 5.69 Å². The molecular weight excluding hydrogens is 436 g/mol. The highest BCUT2D eigenvalue weighted by molar-refractivity contribution is 6.36. The number of ether oxygens (including phenoxy) is 1. The lowest BCUT2D eigenvalue weighted by molar-refractivity contribution is -0.136. The summed E-state index contributed by atoms with van der Waals surface area (Å²) < 4.78 is 5.52. The van der Waals surface area contributed by atoms with Crippen LogP contribution in [0.1, 0.15) is 23.6 Å². The third-order valence-electron chi connectivity index (χ3n) is 5.53. The van der Waals surface area contributed by atoms with E-state index >= 15 is 0 Å². The van der Waals surface area contributed by atoms with Crippen molar-refractivity contribution in [3.05, 3.63) is 100 Å². The number of carbonyl (C=O) groups is 2. The van der Waals surface area contributed by atoms with Crippen LogP contribution in [0.25, 0.3) is 5.57 Å². The Hall–Kier alpha value is -3.57. The predicted octanol–water partition coefficient (Wildman–Crippen LogP) is 5.48. The molecule has 1 heterocycles. The van der Waals surface area contributed by atoms with E-state index in [2.05, 4.69) is 5.32 Å². The number of imide groups is 1. The predicted molar refractivity (Wildman–Crippen MR) is 131 cm³/mol. The number of hydrogen-bond acceptors (Lipinski definition) is 4. The SMILES string of the molecule is CCOc1ccc(C2=C(Nc3ccc(C)c(Cl)c3)C(=O)N(CCc3ccccc3)C2=O)cc1. The lowest BCUT2D eigenvalue weighted by Crippen LogP contribution is -2.34. The number of hydrogen-bond donors (Lipinski definition) is 1. The Morgan fingerprint density at radius 3 is 2.33 bits per heavy atom. The fraction of sp³-hybridized carbons (Fsp3) is 0.185. The summed E-state index contributed by atoms with van der Waals surface area (Å²) in [4.78, 5) is 28.1. The number of nitrogens with one attached hydrogen (secondary N) is 1. The number of halogens is 1. The molecule has 5 nitrogen and oxygen atoms in total. The van der Waals surface area contributed by atoms with Crippen LogP contribution in [-0.4, -0.2) is 29.9 Å². The van der Waals surface area contributed by atoms with Crippen LogP contribution in [-0.2, 0) is 16.0 Å². The second-order valence-electron chi connectivity index (χ2n) is 7.79. The number of amides is 2. The molecule has 2 amide bonds. The lowest BCUT2D eigenvalue weighted by Gasteiger charge is -2.15. The van der Waals surface area contributed by atoms with E-state index in [-0.39, 0.29) is 17.5 Å². The monoisotopic (exact) mass is 460 g/mol. The summed E-state index contributed by atoms with van der Waals surface area (Å²) in [6, 6.07) is 22.5. The van der Waals surface area contributed by atoms with Gasteiger partial charge >= 0.3 is 0 Å². The number of nitrogens with zero attached hydrogens (tertiary/aromatic N) is 1. The molecule has 1 N–H and O–H groups in total. The van der Waals surface area contributed by atoms with Crippen LogP contribution >= 0.6 is 11.6 Å². The zero-order valence-corrected chi connectivity index (χ0v) is 19.4. The van der Waals surface area contributed by atoms with Gasteiger partial charge in [0.2, 0.25) is 0 Å². The maximum absolute atomic E-state index is 13.4. The average molecular weight is 461 g/mol. The molecular formula is C27H25ClN2O3. The van der Waals surface area contributed by atoms with E-state index in [1.165, 1.54) is 4.90 Å². The Kier molecular flexibility index (Phi) is 6.80. The summed E-state index contributed by atoms with van der Waals surface area (Å²) in [6.07, 6.45) is 0.582. The fourth-order valence-corrected chi connectivity index (χ4v) is 3.93. The van der Waals surface area contributed by atoms with E-state index in [0.717, 1.165) is 11.1 Å². The standard InChI is InChI=1S/C27H25ClN2O3/c1-3-33-22-13-10-20(11-14-22)24-25(29-21-12-9-18(2)23(28)17-21)27(32)30(26(24)31)16-15-19-7-5-4-6-8-19/h4-14,17,29H,3,15-16H2,1-2H3. The highest BCUT2D eigenvalue weighted by Crippen LogP contribution is 2.32. The molecule has 0 saturated heterocycles. The van der Waals surface area contributed by atoms with Gasteiger partial charge in [0.15, 0.2) is 0 Å². The molecule has 0 saturated carbocycles. The Bertz CT molecular complexity index is 1200. The number of benzene rings is 3. The van der Waals surface area contributed by atoms with E-state index in [1.54, 1.807) is 30.3 Å². The van der Waals surface area contributed by atoms with E-state index < -0.39 is 0 Å². The first kappa shape index (κ1) is 22.6. The normalized spacial score (nSPS) is 13.6. The van der Waals surface area contributed by atoms with Gasteiger partial charge in [-0.25, -0.2) is 0 Å². The van der Waals surface area contributed by atoms with Gasteiger partial charge in [-0.1, -0.05) is 60.1 Å². The molecule has 3 aromatic rings. The molecule has 33 heavy (non-hydrogen) atoms. The first-order valence-corrected chi connectivity index (χ1v) is 11.3. The van der Waals surface area contributed by atoms with Gasteiger partial charge in [-0.05, 0) is 61.2 Å². The molecule has 4 rings (SSSR count). The van der Waals surface area contributed by atoms with Crippen molar-refractivity contribution in [2.75, 3.05) is 18.5 Å². The highest BCUT2D eigenvalue weighted by atomic mass is 35.5. The second-order valence-corrected chi connectivity index (χ2v) is 8.20. The highest BCUT2D eigenvalue weighted by Gasteiger charge is 2.39. The van der Waals surface area contributed by atoms with E-state index in [0.29, 0.717) is 47.2 Å². The number of anilines is 1. The quantitative estimate of drug-likeness (QED) is 0.452. The van der Waals surface area contributed by atoms with Gasteiger partial charge < -0.3 is 10.1 Å². The first-order chi connectivity index (χ1) is 16.0. The van der Waals surface area contributed by atoms with Crippen molar-refractivity contribution in [2.45, 2.75) is 20.3 Å². The molecule has 6 heteroatoms. The summed E-state index contributed by atoms with van der Waals surface area (Å²) in [5.41, 5.74) is 3.88. The van der Waals surface area contributed by atoms with Crippen molar-refractivity contribution in [1.82, 2.24) is 4.90 Å². The molecule has 0 atom stereocenters.